The second kappa shape index (κ2) is 9.01. The molecule has 3 aromatic rings. The summed E-state index contributed by atoms with van der Waals surface area (Å²) in [6.45, 7) is 3.96. The summed E-state index contributed by atoms with van der Waals surface area (Å²) in [4.78, 5) is 31.7. The van der Waals surface area contributed by atoms with E-state index in [1.54, 1.807) is 48.8 Å². The van der Waals surface area contributed by atoms with E-state index in [-0.39, 0.29) is 23.9 Å². The highest BCUT2D eigenvalue weighted by atomic mass is 19.1. The molecule has 2 aromatic carbocycles. The molecule has 1 aliphatic heterocycles. The first-order valence-corrected chi connectivity index (χ1v) is 10.2. The van der Waals surface area contributed by atoms with Crippen LogP contribution < -0.4 is 10.1 Å². The highest BCUT2D eigenvalue weighted by Gasteiger charge is 2.39. The van der Waals surface area contributed by atoms with Crippen LogP contribution >= 0.6 is 0 Å². The van der Waals surface area contributed by atoms with Crippen molar-refractivity contribution in [1.29, 1.82) is 0 Å². The predicted molar refractivity (Wildman–Crippen MR) is 119 cm³/mol. The van der Waals surface area contributed by atoms with E-state index in [4.69, 9.17) is 4.74 Å². The molecule has 162 valence electrons. The van der Waals surface area contributed by atoms with Crippen molar-refractivity contribution < 1.29 is 18.7 Å². The van der Waals surface area contributed by atoms with Gasteiger partial charge >= 0.3 is 0 Å². The molecule has 0 bridgehead atoms. The molecule has 7 heteroatoms. The number of halogens is 1. The molecule has 0 fully saturated rings. The molecular weight excluding hydrogens is 409 g/mol. The SMILES string of the molecule is CC(C)Oc1ccc(NC2=C(c3ccc(F)cc3)C(=O)N(Cc3cccnc3)C2=O)cc1. The molecule has 1 N–H and O–H groups in total. The number of amides is 2. The number of nitrogens with one attached hydrogen (secondary N) is 1. The molecule has 0 unspecified atom stereocenters. The second-order valence-corrected chi connectivity index (χ2v) is 7.63. The van der Waals surface area contributed by atoms with E-state index >= 15 is 0 Å². The first-order valence-electron chi connectivity index (χ1n) is 10.2. The van der Waals surface area contributed by atoms with Gasteiger partial charge in [0.15, 0.2) is 0 Å². The summed E-state index contributed by atoms with van der Waals surface area (Å²) < 4.78 is 19.1. The maximum atomic E-state index is 13.5. The Morgan fingerprint density at radius 2 is 1.72 bits per heavy atom. The van der Waals surface area contributed by atoms with Gasteiger partial charge in [-0.15, -0.1) is 0 Å². The lowest BCUT2D eigenvalue weighted by Crippen LogP contribution is -2.32. The van der Waals surface area contributed by atoms with Gasteiger partial charge in [-0.05, 0) is 67.4 Å². The Balaban J connectivity index is 1.68. The van der Waals surface area contributed by atoms with Gasteiger partial charge in [-0.1, -0.05) is 18.2 Å². The summed E-state index contributed by atoms with van der Waals surface area (Å²) in [5, 5.41) is 3.08. The number of pyridine rings is 1. The zero-order chi connectivity index (χ0) is 22.7. The van der Waals surface area contributed by atoms with Crippen molar-refractivity contribution in [3.05, 3.63) is 95.7 Å². The van der Waals surface area contributed by atoms with Crippen LogP contribution in [0.4, 0.5) is 10.1 Å². The Kier molecular flexibility index (Phi) is 5.98. The fourth-order valence-corrected chi connectivity index (χ4v) is 3.43. The third-order valence-electron chi connectivity index (χ3n) is 4.86. The third kappa shape index (κ3) is 4.51. The Labute approximate surface area is 185 Å². The zero-order valence-corrected chi connectivity index (χ0v) is 17.7. The third-order valence-corrected chi connectivity index (χ3v) is 4.86. The molecule has 32 heavy (non-hydrogen) atoms. The molecule has 2 heterocycles. The largest absolute Gasteiger partial charge is 0.491 e. The van der Waals surface area contributed by atoms with Crippen molar-refractivity contribution in [2.24, 2.45) is 0 Å². The molecule has 2 amide bonds. The molecule has 4 rings (SSSR count). The Morgan fingerprint density at radius 3 is 2.34 bits per heavy atom. The zero-order valence-electron chi connectivity index (χ0n) is 17.7. The Hall–Kier alpha value is -4.00. The molecular formula is C25H22FN3O3. The van der Waals surface area contributed by atoms with E-state index in [1.807, 2.05) is 13.8 Å². The molecule has 1 aromatic heterocycles. The normalized spacial score (nSPS) is 13.8. The van der Waals surface area contributed by atoms with Crippen LogP contribution in [0.15, 0.2) is 78.8 Å². The second-order valence-electron chi connectivity index (χ2n) is 7.63. The monoisotopic (exact) mass is 431 g/mol. The van der Waals surface area contributed by atoms with Crippen molar-refractivity contribution in [3.63, 3.8) is 0 Å². The maximum absolute atomic E-state index is 13.5. The summed E-state index contributed by atoms with van der Waals surface area (Å²) in [6.07, 6.45) is 3.27. The quantitative estimate of drug-likeness (QED) is 0.562. The molecule has 0 radical (unpaired) electrons. The minimum absolute atomic E-state index is 0.0386. The first kappa shape index (κ1) is 21.2. The van der Waals surface area contributed by atoms with Gasteiger partial charge in [0.2, 0.25) is 0 Å². The van der Waals surface area contributed by atoms with Gasteiger partial charge in [0, 0.05) is 18.1 Å². The molecule has 0 saturated carbocycles. The van der Waals surface area contributed by atoms with Gasteiger partial charge in [0.05, 0.1) is 18.2 Å². The summed E-state index contributed by atoms with van der Waals surface area (Å²) in [6, 6.07) is 16.2. The standard InChI is InChI=1S/C25H22FN3O3/c1-16(2)32-21-11-9-20(10-12-21)28-23-22(18-5-7-19(26)8-6-18)24(30)29(25(23)31)15-17-4-3-13-27-14-17/h3-14,16,28H,15H2,1-2H3. The molecule has 0 atom stereocenters. The minimum atomic E-state index is -0.458. The number of hydrogen-bond acceptors (Lipinski definition) is 5. The van der Waals surface area contributed by atoms with E-state index in [1.165, 1.54) is 24.3 Å². The van der Waals surface area contributed by atoms with Gasteiger partial charge < -0.3 is 10.1 Å². The smallest absolute Gasteiger partial charge is 0.278 e. The van der Waals surface area contributed by atoms with Crippen molar-refractivity contribution in [1.82, 2.24) is 9.88 Å². The van der Waals surface area contributed by atoms with Crippen molar-refractivity contribution in [2.75, 3.05) is 5.32 Å². The molecule has 6 nitrogen and oxygen atoms in total. The Bertz CT molecular complexity index is 1160. The van der Waals surface area contributed by atoms with Crippen LogP contribution in [-0.4, -0.2) is 27.8 Å². The van der Waals surface area contributed by atoms with Gasteiger partial charge in [0.25, 0.3) is 11.8 Å². The van der Waals surface area contributed by atoms with Crippen LogP contribution in [0.5, 0.6) is 5.75 Å². The highest BCUT2D eigenvalue weighted by Crippen LogP contribution is 2.32. The van der Waals surface area contributed by atoms with Crippen LogP contribution in [0.2, 0.25) is 0 Å². The van der Waals surface area contributed by atoms with Crippen molar-refractivity contribution in [3.8, 4) is 5.75 Å². The number of hydrogen-bond donors (Lipinski definition) is 1. The van der Waals surface area contributed by atoms with E-state index in [0.29, 0.717) is 17.0 Å². The Morgan fingerprint density at radius 1 is 1.00 bits per heavy atom. The predicted octanol–water partition coefficient (Wildman–Crippen LogP) is 4.40. The van der Waals surface area contributed by atoms with Gasteiger partial charge in [-0.25, -0.2) is 4.39 Å². The van der Waals surface area contributed by atoms with Crippen molar-refractivity contribution in [2.45, 2.75) is 26.5 Å². The number of anilines is 1. The molecule has 0 spiro atoms. The maximum Gasteiger partial charge on any atom is 0.278 e. The van der Waals surface area contributed by atoms with Gasteiger partial charge in [0.1, 0.15) is 17.3 Å². The van der Waals surface area contributed by atoms with E-state index in [2.05, 4.69) is 10.3 Å². The van der Waals surface area contributed by atoms with Crippen LogP contribution in [0.3, 0.4) is 0 Å². The lowest BCUT2D eigenvalue weighted by molar-refractivity contribution is -0.137. The molecule has 0 aliphatic carbocycles. The van der Waals surface area contributed by atoms with Gasteiger partial charge in [-0.3, -0.25) is 19.5 Å². The molecule has 0 saturated heterocycles. The first-order chi connectivity index (χ1) is 15.4. The number of aromatic nitrogens is 1. The lowest BCUT2D eigenvalue weighted by Gasteiger charge is -2.15. The van der Waals surface area contributed by atoms with Crippen LogP contribution in [0.25, 0.3) is 5.57 Å². The van der Waals surface area contributed by atoms with E-state index in [0.717, 1.165) is 10.5 Å². The average Bonchev–Trinajstić information content (AvgIpc) is 3.00. The summed E-state index contributed by atoms with van der Waals surface area (Å²) in [7, 11) is 0. The minimum Gasteiger partial charge on any atom is -0.491 e. The topological polar surface area (TPSA) is 71.5 Å². The summed E-state index contributed by atoms with van der Waals surface area (Å²) in [5.74, 6) is -0.632. The lowest BCUT2D eigenvalue weighted by atomic mass is 10.0. The van der Waals surface area contributed by atoms with Crippen molar-refractivity contribution >= 4 is 23.1 Å². The van der Waals surface area contributed by atoms with Gasteiger partial charge in [-0.2, -0.15) is 0 Å². The fourth-order valence-electron chi connectivity index (χ4n) is 3.43. The summed E-state index contributed by atoms with van der Waals surface area (Å²) >= 11 is 0. The fraction of sp³-hybridized carbons (Fsp3) is 0.160. The number of carbonyl (C=O) groups excluding carboxylic acids is 2. The number of ether oxygens (including phenoxy) is 1. The van der Waals surface area contributed by atoms with Crippen LogP contribution in [0.1, 0.15) is 25.0 Å². The number of rotatable bonds is 7. The van der Waals surface area contributed by atoms with Crippen LogP contribution in [0, 0.1) is 5.82 Å². The number of imide groups is 1. The highest BCUT2D eigenvalue weighted by molar-refractivity contribution is 6.36. The number of carbonyl (C=O) groups is 2. The number of benzene rings is 2. The molecule has 1 aliphatic rings. The van der Waals surface area contributed by atoms with Crippen LogP contribution in [-0.2, 0) is 16.1 Å². The average molecular weight is 431 g/mol. The number of nitrogens with zero attached hydrogens (tertiary/aromatic N) is 2. The van der Waals surface area contributed by atoms with E-state index < -0.39 is 17.6 Å². The van der Waals surface area contributed by atoms with E-state index in [9.17, 15) is 14.0 Å². The summed E-state index contributed by atoms with van der Waals surface area (Å²) in [5.41, 5.74) is 2.15.